The number of rotatable bonds is 6. The summed E-state index contributed by atoms with van der Waals surface area (Å²) in [5.41, 5.74) is 6.30. The number of benzene rings is 2. The molecular weight excluding hydrogens is 318 g/mol. The average molecular weight is 339 g/mol. The summed E-state index contributed by atoms with van der Waals surface area (Å²) in [6.45, 7) is 1.79. The van der Waals surface area contributed by atoms with Crippen LogP contribution >= 0.6 is 0 Å². The van der Waals surface area contributed by atoms with Crippen molar-refractivity contribution in [2.24, 2.45) is 5.73 Å². The second kappa shape index (κ2) is 7.81. The Morgan fingerprint density at radius 1 is 1.16 bits per heavy atom. The number of nitrogens with zero attached hydrogens (tertiary/aromatic N) is 1. The Morgan fingerprint density at radius 3 is 2.68 bits per heavy atom. The largest absolute Gasteiger partial charge is 0.457 e. The fourth-order valence-electron chi connectivity index (χ4n) is 2.93. The Labute approximate surface area is 146 Å². The van der Waals surface area contributed by atoms with Gasteiger partial charge in [0, 0.05) is 19.6 Å². The van der Waals surface area contributed by atoms with Crippen molar-refractivity contribution in [2.75, 3.05) is 13.1 Å². The Hall–Kier alpha value is -2.86. The number of piperazine rings is 1. The van der Waals surface area contributed by atoms with Crippen LogP contribution in [0.15, 0.2) is 54.6 Å². The molecule has 6 nitrogen and oxygen atoms in total. The minimum atomic E-state index is -0.523. The van der Waals surface area contributed by atoms with Crippen LogP contribution in [-0.4, -0.2) is 35.8 Å². The molecule has 130 valence electrons. The smallest absolute Gasteiger partial charge is 0.237 e. The summed E-state index contributed by atoms with van der Waals surface area (Å²) in [6.07, 6.45) is 0.0199. The van der Waals surface area contributed by atoms with E-state index in [0.29, 0.717) is 19.6 Å². The van der Waals surface area contributed by atoms with Crippen LogP contribution < -0.4 is 15.8 Å². The van der Waals surface area contributed by atoms with E-state index in [-0.39, 0.29) is 12.3 Å². The van der Waals surface area contributed by atoms with Crippen LogP contribution in [0.2, 0.25) is 0 Å². The summed E-state index contributed by atoms with van der Waals surface area (Å²) >= 11 is 0. The van der Waals surface area contributed by atoms with Crippen molar-refractivity contribution >= 4 is 11.8 Å². The van der Waals surface area contributed by atoms with Crippen molar-refractivity contribution < 1.29 is 14.3 Å². The molecule has 2 amide bonds. The van der Waals surface area contributed by atoms with Gasteiger partial charge in [0.2, 0.25) is 11.8 Å². The predicted molar refractivity (Wildman–Crippen MR) is 94.0 cm³/mol. The third-order valence-electron chi connectivity index (χ3n) is 4.10. The standard InChI is InChI=1S/C19H21N3O3/c20-18(23)12-17-19(24)21-9-10-22(17)13-14-5-4-8-16(11-14)25-15-6-2-1-3-7-15/h1-8,11,17H,9-10,12-13H2,(H2,20,23)(H,21,24)/t17-/m1/s1. The van der Waals surface area contributed by atoms with Gasteiger partial charge in [-0.05, 0) is 29.8 Å². The van der Waals surface area contributed by atoms with E-state index in [0.717, 1.165) is 17.1 Å². The molecule has 0 aromatic heterocycles. The van der Waals surface area contributed by atoms with Crippen LogP contribution in [0.3, 0.4) is 0 Å². The zero-order chi connectivity index (χ0) is 17.6. The third-order valence-corrected chi connectivity index (χ3v) is 4.10. The molecule has 2 aromatic rings. The van der Waals surface area contributed by atoms with Gasteiger partial charge in [-0.3, -0.25) is 14.5 Å². The number of nitrogens with one attached hydrogen (secondary N) is 1. The summed E-state index contributed by atoms with van der Waals surface area (Å²) in [5, 5.41) is 2.78. The SMILES string of the molecule is NC(=O)C[C@@H]1C(=O)NCCN1Cc1cccc(Oc2ccccc2)c1. The lowest BCUT2D eigenvalue weighted by molar-refractivity contribution is -0.133. The predicted octanol–water partition coefficient (Wildman–Crippen LogP) is 1.65. The number of carbonyl (C=O) groups is 2. The molecule has 2 aromatic carbocycles. The number of primary amides is 1. The highest BCUT2D eigenvalue weighted by atomic mass is 16.5. The molecule has 0 bridgehead atoms. The summed E-state index contributed by atoms with van der Waals surface area (Å²) in [5.74, 6) is 0.871. The first-order chi connectivity index (χ1) is 12.1. The molecule has 1 heterocycles. The van der Waals surface area contributed by atoms with E-state index in [1.807, 2.05) is 59.5 Å². The second-order valence-electron chi connectivity index (χ2n) is 6.01. The maximum absolute atomic E-state index is 12.1. The second-order valence-corrected chi connectivity index (χ2v) is 6.01. The van der Waals surface area contributed by atoms with Gasteiger partial charge in [0.15, 0.2) is 0 Å². The van der Waals surface area contributed by atoms with Crippen LogP contribution in [0, 0.1) is 0 Å². The molecule has 3 N–H and O–H groups in total. The molecule has 3 rings (SSSR count). The molecule has 0 aliphatic carbocycles. The van der Waals surface area contributed by atoms with Crippen molar-refractivity contribution in [3.63, 3.8) is 0 Å². The van der Waals surface area contributed by atoms with Crippen LogP contribution in [0.4, 0.5) is 0 Å². The first-order valence-electron chi connectivity index (χ1n) is 8.24. The first kappa shape index (κ1) is 17.0. The topological polar surface area (TPSA) is 84.7 Å². The van der Waals surface area contributed by atoms with Crippen molar-refractivity contribution in [3.05, 3.63) is 60.2 Å². The van der Waals surface area contributed by atoms with E-state index in [2.05, 4.69) is 5.32 Å². The quantitative estimate of drug-likeness (QED) is 0.838. The Morgan fingerprint density at radius 2 is 1.92 bits per heavy atom. The van der Waals surface area contributed by atoms with Gasteiger partial charge < -0.3 is 15.8 Å². The average Bonchev–Trinajstić information content (AvgIpc) is 2.59. The molecule has 1 saturated heterocycles. The van der Waals surface area contributed by atoms with Gasteiger partial charge in [0.25, 0.3) is 0 Å². The Bertz CT molecular complexity index is 749. The lowest BCUT2D eigenvalue weighted by Gasteiger charge is -2.34. The number of nitrogens with two attached hydrogens (primary N) is 1. The van der Waals surface area contributed by atoms with Crippen molar-refractivity contribution in [1.29, 1.82) is 0 Å². The third kappa shape index (κ3) is 4.58. The molecule has 25 heavy (non-hydrogen) atoms. The van der Waals surface area contributed by atoms with Crippen LogP contribution in [0.1, 0.15) is 12.0 Å². The number of carbonyl (C=O) groups excluding carboxylic acids is 2. The number of amides is 2. The molecule has 0 spiro atoms. The highest BCUT2D eigenvalue weighted by Gasteiger charge is 2.30. The van der Waals surface area contributed by atoms with E-state index in [9.17, 15) is 9.59 Å². The normalized spacial score (nSPS) is 17.8. The maximum atomic E-state index is 12.1. The minimum Gasteiger partial charge on any atom is -0.457 e. The van der Waals surface area contributed by atoms with Gasteiger partial charge >= 0.3 is 0 Å². The number of ether oxygens (including phenoxy) is 1. The van der Waals surface area contributed by atoms with Crippen molar-refractivity contribution in [3.8, 4) is 11.5 Å². The van der Waals surface area contributed by atoms with Crippen LogP contribution in [0.5, 0.6) is 11.5 Å². The molecule has 6 heteroatoms. The van der Waals surface area contributed by atoms with E-state index in [1.54, 1.807) is 0 Å². The van der Waals surface area contributed by atoms with Crippen LogP contribution in [0.25, 0.3) is 0 Å². The van der Waals surface area contributed by atoms with Gasteiger partial charge in [-0.25, -0.2) is 0 Å². The van der Waals surface area contributed by atoms with Gasteiger partial charge in [0.1, 0.15) is 11.5 Å². The molecule has 1 fully saturated rings. The lowest BCUT2D eigenvalue weighted by atomic mass is 10.1. The molecule has 0 saturated carbocycles. The highest BCUT2D eigenvalue weighted by molar-refractivity contribution is 5.88. The summed E-state index contributed by atoms with van der Waals surface area (Å²) in [4.78, 5) is 25.3. The summed E-state index contributed by atoms with van der Waals surface area (Å²) < 4.78 is 5.85. The summed E-state index contributed by atoms with van der Waals surface area (Å²) in [7, 11) is 0. The number of hydrogen-bond donors (Lipinski definition) is 2. The van der Waals surface area contributed by atoms with E-state index in [4.69, 9.17) is 10.5 Å². The fourth-order valence-corrected chi connectivity index (χ4v) is 2.93. The van der Waals surface area contributed by atoms with Gasteiger partial charge in [-0.15, -0.1) is 0 Å². The molecule has 1 aliphatic rings. The molecular formula is C19H21N3O3. The molecule has 1 aliphatic heterocycles. The Kier molecular flexibility index (Phi) is 5.30. The van der Waals surface area contributed by atoms with Crippen molar-refractivity contribution in [2.45, 2.75) is 19.0 Å². The number of hydrogen-bond acceptors (Lipinski definition) is 4. The summed E-state index contributed by atoms with van der Waals surface area (Å²) in [6, 6.07) is 16.8. The van der Waals surface area contributed by atoms with E-state index >= 15 is 0 Å². The molecule has 1 atom stereocenters. The van der Waals surface area contributed by atoms with E-state index in [1.165, 1.54) is 0 Å². The zero-order valence-corrected chi connectivity index (χ0v) is 13.9. The maximum Gasteiger partial charge on any atom is 0.237 e. The van der Waals surface area contributed by atoms with Gasteiger partial charge in [0.05, 0.1) is 12.5 Å². The fraction of sp³-hybridized carbons (Fsp3) is 0.263. The Balaban J connectivity index is 1.72. The zero-order valence-electron chi connectivity index (χ0n) is 13.9. The minimum absolute atomic E-state index is 0.0199. The van der Waals surface area contributed by atoms with Crippen molar-refractivity contribution in [1.82, 2.24) is 10.2 Å². The molecule has 0 unspecified atom stereocenters. The monoisotopic (exact) mass is 339 g/mol. The first-order valence-corrected chi connectivity index (χ1v) is 8.24. The van der Waals surface area contributed by atoms with Gasteiger partial charge in [-0.1, -0.05) is 30.3 Å². The number of para-hydroxylation sites is 1. The van der Waals surface area contributed by atoms with Gasteiger partial charge in [-0.2, -0.15) is 0 Å². The highest BCUT2D eigenvalue weighted by Crippen LogP contribution is 2.23. The lowest BCUT2D eigenvalue weighted by Crippen LogP contribution is -2.55. The molecule has 0 radical (unpaired) electrons. The van der Waals surface area contributed by atoms with E-state index < -0.39 is 11.9 Å². The van der Waals surface area contributed by atoms with Crippen LogP contribution in [-0.2, 0) is 16.1 Å².